The number of hydrogen-bond acceptors (Lipinski definition) is 5. The molecule has 8 nitrogen and oxygen atoms in total. The number of rotatable bonds is 4. The zero-order chi connectivity index (χ0) is 25.4. The van der Waals surface area contributed by atoms with E-state index in [0.29, 0.717) is 37.6 Å². The Morgan fingerprint density at radius 3 is 2.61 bits per heavy atom. The fourth-order valence-electron chi connectivity index (χ4n) is 4.59. The number of hydrogen-bond donors (Lipinski definition) is 1. The third-order valence-electron chi connectivity index (χ3n) is 6.71. The largest absolute Gasteiger partial charge is 0.378 e. The highest BCUT2D eigenvalue weighted by Crippen LogP contribution is 2.29. The molecular formula is C27H26N4O4S. The van der Waals surface area contributed by atoms with E-state index in [1.54, 1.807) is 11.0 Å². The number of para-hydroxylation sites is 1. The summed E-state index contributed by atoms with van der Waals surface area (Å²) in [5, 5.41) is 3.55. The van der Waals surface area contributed by atoms with Gasteiger partial charge in [-0.3, -0.25) is 24.6 Å². The van der Waals surface area contributed by atoms with E-state index in [4.69, 9.17) is 17.0 Å². The topological polar surface area (TPSA) is 83.9 Å². The minimum Gasteiger partial charge on any atom is -0.378 e. The molecule has 3 aromatic rings. The van der Waals surface area contributed by atoms with Gasteiger partial charge in [-0.25, -0.2) is 0 Å². The number of anilines is 1. The summed E-state index contributed by atoms with van der Waals surface area (Å²) < 4.78 is 7.21. The maximum absolute atomic E-state index is 13.6. The molecule has 2 aliphatic rings. The molecular weight excluding hydrogens is 476 g/mol. The molecule has 2 saturated heterocycles. The number of carbonyl (C=O) groups is 3. The summed E-state index contributed by atoms with van der Waals surface area (Å²) in [5.41, 5.74) is 4.05. The van der Waals surface area contributed by atoms with Gasteiger partial charge in [0.05, 0.1) is 18.9 Å². The van der Waals surface area contributed by atoms with Gasteiger partial charge in [0.1, 0.15) is 12.1 Å². The van der Waals surface area contributed by atoms with Crippen LogP contribution in [0.15, 0.2) is 54.2 Å². The van der Waals surface area contributed by atoms with Crippen LogP contribution in [-0.2, 0) is 25.7 Å². The van der Waals surface area contributed by atoms with Crippen molar-refractivity contribution in [1.29, 1.82) is 0 Å². The van der Waals surface area contributed by atoms with Crippen LogP contribution in [0.25, 0.3) is 17.0 Å². The number of aromatic nitrogens is 1. The first-order valence-corrected chi connectivity index (χ1v) is 12.2. The van der Waals surface area contributed by atoms with Gasteiger partial charge in [0.15, 0.2) is 5.11 Å². The third kappa shape index (κ3) is 4.31. The molecule has 2 aromatic carbocycles. The molecule has 0 unspecified atom stereocenters. The van der Waals surface area contributed by atoms with Gasteiger partial charge in [-0.05, 0) is 55.4 Å². The second-order valence-electron chi connectivity index (χ2n) is 8.90. The fourth-order valence-corrected chi connectivity index (χ4v) is 4.86. The van der Waals surface area contributed by atoms with Crippen molar-refractivity contribution in [2.45, 2.75) is 20.4 Å². The van der Waals surface area contributed by atoms with Crippen molar-refractivity contribution in [3.05, 3.63) is 70.9 Å². The van der Waals surface area contributed by atoms with Crippen molar-refractivity contribution in [2.75, 3.05) is 31.2 Å². The predicted molar refractivity (Wildman–Crippen MR) is 141 cm³/mol. The van der Waals surface area contributed by atoms with Crippen molar-refractivity contribution in [3.8, 4) is 0 Å². The zero-order valence-corrected chi connectivity index (χ0v) is 20.9. The quantitative estimate of drug-likeness (QED) is 0.337. The number of aryl methyl sites for hydroxylation is 1. The Morgan fingerprint density at radius 1 is 1.08 bits per heavy atom. The molecule has 3 heterocycles. The fraction of sp³-hybridized carbons (Fsp3) is 0.259. The number of thiocarbonyl (C=S) groups is 1. The summed E-state index contributed by atoms with van der Waals surface area (Å²) in [7, 11) is 0. The Bertz CT molecular complexity index is 1430. The number of fused-ring (bicyclic) bond motifs is 1. The third-order valence-corrected chi connectivity index (χ3v) is 6.99. The summed E-state index contributed by atoms with van der Waals surface area (Å²) in [6.45, 7) is 6.23. The Balaban J connectivity index is 1.52. The first-order chi connectivity index (χ1) is 17.3. The zero-order valence-electron chi connectivity index (χ0n) is 20.1. The molecule has 0 atom stereocenters. The van der Waals surface area contributed by atoms with Crippen LogP contribution in [0.1, 0.15) is 16.7 Å². The molecule has 0 bridgehead atoms. The van der Waals surface area contributed by atoms with Gasteiger partial charge < -0.3 is 14.2 Å². The molecule has 0 aliphatic carbocycles. The van der Waals surface area contributed by atoms with E-state index in [0.717, 1.165) is 22.0 Å². The van der Waals surface area contributed by atoms with Crippen molar-refractivity contribution < 1.29 is 19.1 Å². The van der Waals surface area contributed by atoms with Crippen LogP contribution in [-0.4, -0.2) is 58.6 Å². The maximum atomic E-state index is 13.6. The second-order valence-corrected chi connectivity index (χ2v) is 9.29. The Kier molecular flexibility index (Phi) is 6.42. The standard InChI is InChI=1S/C27H26N4O4S/c1-17-6-5-9-22(18(17)2)31-26(34)21(25(33)28-27(31)36)14-19-15-30(23-8-4-3-7-20(19)23)16-24(32)29-10-12-35-13-11-29/h3-9,14-15H,10-13,16H2,1-2H3,(H,28,33,36)/b21-14+. The molecule has 0 spiro atoms. The lowest BCUT2D eigenvalue weighted by Crippen LogP contribution is -2.54. The summed E-state index contributed by atoms with van der Waals surface area (Å²) in [4.78, 5) is 42.5. The van der Waals surface area contributed by atoms with E-state index in [2.05, 4.69) is 5.32 Å². The van der Waals surface area contributed by atoms with Gasteiger partial charge in [0, 0.05) is 35.8 Å². The average Bonchev–Trinajstić information content (AvgIpc) is 3.22. The predicted octanol–water partition coefficient (Wildman–Crippen LogP) is 2.95. The summed E-state index contributed by atoms with van der Waals surface area (Å²) >= 11 is 5.37. The van der Waals surface area contributed by atoms with E-state index in [1.807, 2.05) is 67.1 Å². The van der Waals surface area contributed by atoms with E-state index < -0.39 is 11.8 Å². The van der Waals surface area contributed by atoms with Gasteiger partial charge in [-0.2, -0.15) is 0 Å². The first kappa shape index (κ1) is 23.9. The van der Waals surface area contributed by atoms with Crippen molar-refractivity contribution >= 4 is 57.7 Å². The molecule has 2 fully saturated rings. The highest BCUT2D eigenvalue weighted by atomic mass is 32.1. The molecule has 1 aromatic heterocycles. The smallest absolute Gasteiger partial charge is 0.270 e. The lowest BCUT2D eigenvalue weighted by molar-refractivity contribution is -0.135. The highest BCUT2D eigenvalue weighted by Gasteiger charge is 2.35. The molecule has 9 heteroatoms. The van der Waals surface area contributed by atoms with Crippen LogP contribution in [0.4, 0.5) is 5.69 Å². The van der Waals surface area contributed by atoms with E-state index in [1.165, 1.54) is 4.90 Å². The Hall–Kier alpha value is -3.82. The number of ether oxygens (including phenoxy) is 1. The number of nitrogens with zero attached hydrogens (tertiary/aromatic N) is 3. The normalized spacial score (nSPS) is 17.7. The van der Waals surface area contributed by atoms with Crippen molar-refractivity contribution in [2.24, 2.45) is 0 Å². The number of benzene rings is 2. The number of amides is 3. The van der Waals surface area contributed by atoms with Crippen LogP contribution in [0.2, 0.25) is 0 Å². The van der Waals surface area contributed by atoms with Crippen LogP contribution in [0.3, 0.4) is 0 Å². The van der Waals surface area contributed by atoms with E-state index in [-0.39, 0.29) is 23.1 Å². The second kappa shape index (κ2) is 9.67. The lowest BCUT2D eigenvalue weighted by Gasteiger charge is -2.30. The molecule has 36 heavy (non-hydrogen) atoms. The van der Waals surface area contributed by atoms with Gasteiger partial charge in [0.2, 0.25) is 5.91 Å². The van der Waals surface area contributed by atoms with Crippen molar-refractivity contribution in [3.63, 3.8) is 0 Å². The number of nitrogens with one attached hydrogen (secondary N) is 1. The Morgan fingerprint density at radius 2 is 1.83 bits per heavy atom. The van der Waals surface area contributed by atoms with Gasteiger partial charge >= 0.3 is 0 Å². The average molecular weight is 503 g/mol. The van der Waals surface area contributed by atoms with Gasteiger partial charge in [-0.1, -0.05) is 30.3 Å². The lowest BCUT2D eigenvalue weighted by atomic mass is 10.0. The molecule has 0 radical (unpaired) electrons. The van der Waals surface area contributed by atoms with Gasteiger partial charge in [0.25, 0.3) is 11.8 Å². The molecule has 1 N–H and O–H groups in total. The van der Waals surface area contributed by atoms with E-state index in [9.17, 15) is 14.4 Å². The molecule has 3 amide bonds. The first-order valence-electron chi connectivity index (χ1n) is 11.8. The van der Waals surface area contributed by atoms with E-state index >= 15 is 0 Å². The minimum absolute atomic E-state index is 0.00353. The number of morpholine rings is 1. The molecule has 184 valence electrons. The maximum Gasteiger partial charge on any atom is 0.270 e. The van der Waals surface area contributed by atoms with Crippen LogP contribution in [0, 0.1) is 13.8 Å². The SMILES string of the molecule is Cc1cccc(N2C(=O)/C(=C/c3cn(CC(=O)N4CCOCC4)c4ccccc34)C(=O)NC2=S)c1C. The molecule has 2 aliphatic heterocycles. The number of carbonyl (C=O) groups excluding carboxylic acids is 3. The van der Waals surface area contributed by atoms with Crippen LogP contribution >= 0.6 is 12.2 Å². The molecule has 5 rings (SSSR count). The van der Waals surface area contributed by atoms with Crippen molar-refractivity contribution in [1.82, 2.24) is 14.8 Å². The summed E-state index contributed by atoms with van der Waals surface area (Å²) in [6, 6.07) is 13.2. The van der Waals surface area contributed by atoms with Crippen LogP contribution < -0.4 is 10.2 Å². The summed E-state index contributed by atoms with van der Waals surface area (Å²) in [5.74, 6) is -1.04. The van der Waals surface area contributed by atoms with Gasteiger partial charge in [-0.15, -0.1) is 0 Å². The monoisotopic (exact) mass is 502 g/mol. The molecule has 0 saturated carbocycles. The summed E-state index contributed by atoms with van der Waals surface area (Å²) in [6.07, 6.45) is 3.39. The van der Waals surface area contributed by atoms with Crippen LogP contribution in [0.5, 0.6) is 0 Å². The minimum atomic E-state index is -0.548. The Labute approximate surface area is 214 Å². The highest BCUT2D eigenvalue weighted by molar-refractivity contribution is 7.80.